The van der Waals surface area contributed by atoms with Crippen LogP contribution in [0, 0.1) is 0 Å². The Bertz CT molecular complexity index is 865. The van der Waals surface area contributed by atoms with Gasteiger partial charge < -0.3 is 14.4 Å². The van der Waals surface area contributed by atoms with Gasteiger partial charge in [-0.15, -0.1) is 0 Å². The largest absolute Gasteiger partial charge is 0.493 e. The molecule has 7 nitrogen and oxygen atoms in total. The van der Waals surface area contributed by atoms with Crippen molar-refractivity contribution >= 4 is 5.91 Å². The summed E-state index contributed by atoms with van der Waals surface area (Å²) in [6.07, 6.45) is 8.44. The summed E-state index contributed by atoms with van der Waals surface area (Å²) in [5.41, 5.74) is 3.02. The Balaban J connectivity index is 1.36. The van der Waals surface area contributed by atoms with Crippen LogP contribution in [0.1, 0.15) is 66.1 Å². The monoisotopic (exact) mass is 426 g/mol. The predicted molar refractivity (Wildman–Crippen MR) is 120 cm³/mol. The van der Waals surface area contributed by atoms with Gasteiger partial charge in [-0.3, -0.25) is 14.8 Å². The maximum absolute atomic E-state index is 13.1. The van der Waals surface area contributed by atoms with E-state index in [0.29, 0.717) is 5.92 Å². The van der Waals surface area contributed by atoms with E-state index in [4.69, 9.17) is 9.47 Å². The molecule has 168 valence electrons. The molecular formula is C24H34N4O3. The molecule has 0 atom stereocenters. The molecule has 0 spiro atoms. The maximum atomic E-state index is 13.1. The molecule has 0 saturated carbocycles. The third kappa shape index (κ3) is 5.03. The summed E-state index contributed by atoms with van der Waals surface area (Å²) in [6, 6.07) is 6.12. The number of nitrogens with zero attached hydrogens (tertiary/aromatic N) is 3. The normalized spacial score (nSPS) is 18.6. The molecule has 0 aliphatic carbocycles. The van der Waals surface area contributed by atoms with Crippen molar-refractivity contribution in [3.8, 4) is 11.5 Å². The Labute approximate surface area is 184 Å². The molecule has 2 saturated heterocycles. The zero-order chi connectivity index (χ0) is 21.6. The number of aromatic nitrogens is 2. The highest BCUT2D eigenvalue weighted by Gasteiger charge is 2.28. The van der Waals surface area contributed by atoms with Gasteiger partial charge in [-0.25, -0.2) is 0 Å². The van der Waals surface area contributed by atoms with Crippen LogP contribution in [0.3, 0.4) is 0 Å². The summed E-state index contributed by atoms with van der Waals surface area (Å²) in [5.74, 6) is 2.03. The quantitative estimate of drug-likeness (QED) is 0.760. The van der Waals surface area contributed by atoms with Crippen molar-refractivity contribution in [3.05, 3.63) is 41.2 Å². The molecule has 3 heterocycles. The third-order valence-corrected chi connectivity index (χ3v) is 6.64. The molecule has 0 unspecified atom stereocenters. The van der Waals surface area contributed by atoms with Crippen LogP contribution in [0.4, 0.5) is 0 Å². The number of rotatable bonds is 6. The average molecular weight is 427 g/mol. The van der Waals surface area contributed by atoms with Crippen LogP contribution in [-0.4, -0.2) is 66.3 Å². The summed E-state index contributed by atoms with van der Waals surface area (Å²) >= 11 is 0. The third-order valence-electron chi connectivity index (χ3n) is 6.64. The minimum atomic E-state index is 0.151. The molecule has 1 aromatic heterocycles. The van der Waals surface area contributed by atoms with E-state index < -0.39 is 0 Å². The summed E-state index contributed by atoms with van der Waals surface area (Å²) in [4.78, 5) is 17.6. The minimum absolute atomic E-state index is 0.151. The first kappa shape index (κ1) is 21.7. The predicted octanol–water partition coefficient (Wildman–Crippen LogP) is 3.82. The number of benzene rings is 1. The number of carbonyl (C=O) groups excluding carboxylic acids is 1. The highest BCUT2D eigenvalue weighted by Crippen LogP contribution is 2.32. The van der Waals surface area contributed by atoms with Gasteiger partial charge in [0.1, 0.15) is 0 Å². The van der Waals surface area contributed by atoms with Crippen molar-refractivity contribution in [1.29, 1.82) is 0 Å². The van der Waals surface area contributed by atoms with Crippen molar-refractivity contribution in [2.75, 3.05) is 40.4 Å². The van der Waals surface area contributed by atoms with E-state index in [9.17, 15) is 4.79 Å². The van der Waals surface area contributed by atoms with E-state index in [1.165, 1.54) is 18.4 Å². The fourth-order valence-electron chi connectivity index (χ4n) is 4.84. The van der Waals surface area contributed by atoms with Gasteiger partial charge in [-0.2, -0.15) is 5.10 Å². The molecule has 0 bridgehead atoms. The number of ether oxygens (including phenoxy) is 2. The number of hydrogen-bond acceptors (Lipinski definition) is 5. The Kier molecular flexibility index (Phi) is 7.12. The standard InChI is InChI=1S/C24H34N4O3/c1-30-21-8-7-18(15-22(21)31-2)17-27-13-9-19(10-14-27)23-20(16-25-26-23)24(29)28-11-5-3-4-6-12-28/h7-8,15-16,19H,3-6,9-14,17H2,1-2H3,(H,25,26). The lowest BCUT2D eigenvalue weighted by Gasteiger charge is -2.32. The molecule has 2 fully saturated rings. The van der Waals surface area contributed by atoms with Gasteiger partial charge in [0, 0.05) is 25.6 Å². The second-order valence-electron chi connectivity index (χ2n) is 8.64. The molecule has 2 aliphatic heterocycles. The molecular weight excluding hydrogens is 392 g/mol. The van der Waals surface area contributed by atoms with Gasteiger partial charge in [0.05, 0.1) is 31.7 Å². The summed E-state index contributed by atoms with van der Waals surface area (Å²) in [7, 11) is 3.33. The van der Waals surface area contributed by atoms with Crippen LogP contribution in [0.25, 0.3) is 0 Å². The van der Waals surface area contributed by atoms with E-state index >= 15 is 0 Å². The van der Waals surface area contributed by atoms with E-state index in [1.807, 2.05) is 11.0 Å². The van der Waals surface area contributed by atoms with Crippen LogP contribution >= 0.6 is 0 Å². The maximum Gasteiger partial charge on any atom is 0.257 e. The zero-order valence-corrected chi connectivity index (χ0v) is 18.7. The lowest BCUT2D eigenvalue weighted by molar-refractivity contribution is 0.0759. The summed E-state index contributed by atoms with van der Waals surface area (Å²) in [5, 5.41) is 7.40. The van der Waals surface area contributed by atoms with Crippen LogP contribution in [0.5, 0.6) is 11.5 Å². The average Bonchev–Trinajstić information content (AvgIpc) is 3.13. The van der Waals surface area contributed by atoms with Crippen molar-refractivity contribution < 1.29 is 14.3 Å². The molecule has 7 heteroatoms. The second kappa shape index (κ2) is 10.2. The topological polar surface area (TPSA) is 70.7 Å². The minimum Gasteiger partial charge on any atom is -0.493 e. The molecule has 1 amide bonds. The number of likely N-dealkylation sites (tertiary alicyclic amines) is 2. The van der Waals surface area contributed by atoms with Crippen LogP contribution in [-0.2, 0) is 6.54 Å². The first-order valence-corrected chi connectivity index (χ1v) is 11.5. The van der Waals surface area contributed by atoms with Crippen molar-refractivity contribution in [3.63, 3.8) is 0 Å². The van der Waals surface area contributed by atoms with Crippen LogP contribution in [0.15, 0.2) is 24.4 Å². The fraction of sp³-hybridized carbons (Fsp3) is 0.583. The molecule has 0 radical (unpaired) electrons. The van der Waals surface area contributed by atoms with Gasteiger partial charge in [0.2, 0.25) is 0 Å². The number of methoxy groups -OCH3 is 2. The molecule has 31 heavy (non-hydrogen) atoms. The second-order valence-corrected chi connectivity index (χ2v) is 8.64. The lowest BCUT2D eigenvalue weighted by atomic mass is 9.91. The Morgan fingerprint density at radius 3 is 2.42 bits per heavy atom. The van der Waals surface area contributed by atoms with Gasteiger partial charge in [-0.1, -0.05) is 18.9 Å². The number of nitrogens with one attached hydrogen (secondary N) is 1. The molecule has 1 aromatic carbocycles. The zero-order valence-electron chi connectivity index (χ0n) is 18.7. The molecule has 2 aromatic rings. The van der Waals surface area contributed by atoms with E-state index in [-0.39, 0.29) is 5.91 Å². The highest BCUT2D eigenvalue weighted by molar-refractivity contribution is 5.95. The Morgan fingerprint density at radius 2 is 1.74 bits per heavy atom. The number of amides is 1. The molecule has 2 aliphatic rings. The first-order valence-electron chi connectivity index (χ1n) is 11.5. The lowest BCUT2D eigenvalue weighted by Crippen LogP contribution is -2.35. The number of hydrogen-bond donors (Lipinski definition) is 1. The molecule has 1 N–H and O–H groups in total. The molecule has 4 rings (SSSR count). The van der Waals surface area contributed by atoms with Crippen molar-refractivity contribution in [2.45, 2.75) is 51.0 Å². The Hall–Kier alpha value is -2.54. The van der Waals surface area contributed by atoms with E-state index in [0.717, 1.165) is 81.2 Å². The number of H-pyrrole nitrogens is 1. The Morgan fingerprint density at radius 1 is 1.03 bits per heavy atom. The van der Waals surface area contributed by atoms with Gasteiger partial charge in [-0.05, 0) is 56.5 Å². The van der Waals surface area contributed by atoms with Crippen LogP contribution in [0.2, 0.25) is 0 Å². The number of piperidine rings is 1. The SMILES string of the molecule is COc1ccc(CN2CCC(c3[nH]ncc3C(=O)N3CCCCCC3)CC2)cc1OC. The van der Waals surface area contributed by atoms with Crippen molar-refractivity contribution in [2.24, 2.45) is 0 Å². The smallest absolute Gasteiger partial charge is 0.257 e. The van der Waals surface area contributed by atoms with Crippen molar-refractivity contribution in [1.82, 2.24) is 20.0 Å². The van der Waals surface area contributed by atoms with E-state index in [1.54, 1.807) is 20.4 Å². The van der Waals surface area contributed by atoms with E-state index in [2.05, 4.69) is 27.2 Å². The fourth-order valence-corrected chi connectivity index (χ4v) is 4.84. The van der Waals surface area contributed by atoms with Gasteiger partial charge in [0.25, 0.3) is 5.91 Å². The highest BCUT2D eigenvalue weighted by atomic mass is 16.5. The van der Waals surface area contributed by atoms with Gasteiger partial charge in [0.15, 0.2) is 11.5 Å². The van der Waals surface area contributed by atoms with Gasteiger partial charge >= 0.3 is 0 Å². The van der Waals surface area contributed by atoms with Crippen LogP contribution < -0.4 is 9.47 Å². The summed E-state index contributed by atoms with van der Waals surface area (Å²) < 4.78 is 10.8. The number of carbonyl (C=O) groups is 1. The first-order chi connectivity index (χ1) is 15.2. The summed E-state index contributed by atoms with van der Waals surface area (Å²) in [6.45, 7) is 4.61. The number of aromatic amines is 1.